The maximum atomic E-state index is 12.8. The number of aliphatic hydroxyl groups is 1. The number of terminal acetylenes is 1. The number of epoxide rings is 1. The molecule has 0 bridgehead atoms. The van der Waals surface area contributed by atoms with Crippen LogP contribution in [0.15, 0.2) is 0 Å². The minimum absolute atomic E-state index is 0.0486. The van der Waals surface area contributed by atoms with E-state index in [1.165, 1.54) is 0 Å². The number of hydrogen-bond donors (Lipinski definition) is 1. The first kappa shape index (κ1) is 16.3. The summed E-state index contributed by atoms with van der Waals surface area (Å²) in [6.07, 6.45) is 9.85. The molecule has 1 saturated heterocycles. The van der Waals surface area contributed by atoms with E-state index in [4.69, 9.17) is 11.2 Å². The molecule has 130 valence electrons. The molecule has 3 saturated carbocycles. The van der Waals surface area contributed by atoms with Gasteiger partial charge in [-0.25, -0.2) is 0 Å². The van der Waals surface area contributed by atoms with Crippen molar-refractivity contribution in [3.8, 4) is 12.3 Å². The minimum atomic E-state index is -1.43. The molecule has 4 fully saturated rings. The molecule has 4 rings (SSSR count). The number of carbonyl (C=O) groups excluding carboxylic acids is 2. The Bertz CT molecular complexity index is 661. The van der Waals surface area contributed by atoms with E-state index in [0.717, 1.165) is 19.3 Å². The highest BCUT2D eigenvalue weighted by Crippen LogP contribution is 2.70. The molecule has 1 heterocycles. The molecule has 0 unspecified atom stereocenters. The summed E-state index contributed by atoms with van der Waals surface area (Å²) in [5.41, 5.74) is -2.67. The SMILES string of the molecule is C#C[C@@]12O[C@]1(C=O)[C@@H]1[C@@H](O)C[C@H]3C(C)(C)CCC[C@]3(C)[C@H]1CC2=O. The van der Waals surface area contributed by atoms with Crippen LogP contribution in [-0.4, -0.2) is 34.5 Å². The van der Waals surface area contributed by atoms with Crippen LogP contribution in [-0.2, 0) is 14.3 Å². The van der Waals surface area contributed by atoms with Gasteiger partial charge in [0.1, 0.15) is 0 Å². The van der Waals surface area contributed by atoms with Crippen molar-refractivity contribution in [2.45, 2.75) is 70.2 Å². The predicted octanol–water partition coefficient (Wildman–Crippen LogP) is 2.13. The molecule has 4 heteroatoms. The topological polar surface area (TPSA) is 66.9 Å². The third kappa shape index (κ3) is 1.59. The van der Waals surface area contributed by atoms with Crippen molar-refractivity contribution in [1.82, 2.24) is 0 Å². The highest BCUT2D eigenvalue weighted by Gasteiger charge is 2.83. The molecule has 0 radical (unpaired) electrons. The van der Waals surface area contributed by atoms with Crippen LogP contribution in [0.1, 0.15) is 52.9 Å². The number of rotatable bonds is 1. The summed E-state index contributed by atoms with van der Waals surface area (Å²) in [5, 5.41) is 11.0. The Morgan fingerprint density at radius 2 is 2.04 bits per heavy atom. The third-order valence-electron chi connectivity index (χ3n) is 7.95. The van der Waals surface area contributed by atoms with E-state index in [-0.39, 0.29) is 28.4 Å². The van der Waals surface area contributed by atoms with Crippen LogP contribution < -0.4 is 0 Å². The van der Waals surface area contributed by atoms with E-state index in [1.807, 2.05) is 0 Å². The van der Waals surface area contributed by atoms with Gasteiger partial charge in [0.2, 0.25) is 5.60 Å². The molecule has 4 aliphatic rings. The number of hydrogen-bond acceptors (Lipinski definition) is 4. The zero-order valence-electron chi connectivity index (χ0n) is 14.7. The van der Waals surface area contributed by atoms with Gasteiger partial charge in [0.05, 0.1) is 6.10 Å². The van der Waals surface area contributed by atoms with Crippen molar-refractivity contribution in [2.75, 3.05) is 0 Å². The summed E-state index contributed by atoms with van der Waals surface area (Å²) in [7, 11) is 0. The van der Waals surface area contributed by atoms with Gasteiger partial charge in [0, 0.05) is 12.3 Å². The van der Waals surface area contributed by atoms with Crippen LogP contribution in [0.3, 0.4) is 0 Å². The first-order valence-corrected chi connectivity index (χ1v) is 9.04. The number of aliphatic hydroxyl groups excluding tert-OH is 1. The lowest BCUT2D eigenvalue weighted by atomic mass is 9.42. The molecule has 0 amide bonds. The Kier molecular flexibility index (Phi) is 3.06. The quantitative estimate of drug-likeness (QED) is 0.454. The molecular weight excluding hydrogens is 304 g/mol. The summed E-state index contributed by atoms with van der Waals surface area (Å²) < 4.78 is 5.67. The number of fused-ring (bicyclic) bond motifs is 5. The van der Waals surface area contributed by atoms with Crippen LogP contribution in [0.2, 0.25) is 0 Å². The van der Waals surface area contributed by atoms with Crippen LogP contribution in [0.5, 0.6) is 0 Å². The zero-order valence-corrected chi connectivity index (χ0v) is 14.7. The molecule has 24 heavy (non-hydrogen) atoms. The Morgan fingerprint density at radius 1 is 1.33 bits per heavy atom. The van der Waals surface area contributed by atoms with E-state index < -0.39 is 17.3 Å². The molecule has 1 N–H and O–H groups in total. The van der Waals surface area contributed by atoms with Gasteiger partial charge in [-0.3, -0.25) is 9.59 Å². The standard InChI is InChI=1S/C20H26O4/c1-5-19-15(23)9-12-16(20(19,11-21)24-19)13(22)10-14-17(2,3)7-6-8-18(12,14)4/h1,11-14,16,22H,6-10H2,2-4H3/t12-,13-,14-,16-,18+,19-,20+/m0/s1. The second-order valence-corrected chi connectivity index (χ2v) is 9.30. The Hall–Kier alpha value is -1.18. The zero-order chi connectivity index (χ0) is 17.5. The van der Waals surface area contributed by atoms with E-state index >= 15 is 0 Å². The minimum Gasteiger partial charge on any atom is -0.393 e. The fourth-order valence-corrected chi connectivity index (χ4v) is 6.77. The number of aldehydes is 1. The molecule has 0 aromatic heterocycles. The first-order chi connectivity index (χ1) is 11.2. The number of ether oxygens (including phenoxy) is 1. The van der Waals surface area contributed by atoms with Gasteiger partial charge >= 0.3 is 0 Å². The van der Waals surface area contributed by atoms with Gasteiger partial charge in [-0.2, -0.15) is 0 Å². The van der Waals surface area contributed by atoms with Gasteiger partial charge in [0.25, 0.3) is 0 Å². The van der Waals surface area contributed by atoms with Gasteiger partial charge < -0.3 is 9.84 Å². The van der Waals surface area contributed by atoms with Crippen molar-refractivity contribution in [3.63, 3.8) is 0 Å². The predicted molar refractivity (Wildman–Crippen MR) is 87.9 cm³/mol. The lowest BCUT2D eigenvalue weighted by Gasteiger charge is -2.61. The lowest BCUT2D eigenvalue weighted by molar-refractivity contribution is -0.171. The Morgan fingerprint density at radius 3 is 2.67 bits per heavy atom. The van der Waals surface area contributed by atoms with E-state index in [2.05, 4.69) is 26.7 Å². The van der Waals surface area contributed by atoms with Crippen molar-refractivity contribution >= 4 is 12.1 Å². The highest BCUT2D eigenvalue weighted by molar-refractivity contribution is 6.03. The molecule has 7 atom stereocenters. The Balaban J connectivity index is 1.82. The van der Waals surface area contributed by atoms with Gasteiger partial charge in [-0.15, -0.1) is 6.42 Å². The van der Waals surface area contributed by atoms with Crippen molar-refractivity contribution in [1.29, 1.82) is 0 Å². The van der Waals surface area contributed by atoms with Crippen LogP contribution in [0.4, 0.5) is 0 Å². The number of carbonyl (C=O) groups is 2. The maximum absolute atomic E-state index is 12.8. The molecule has 3 aliphatic carbocycles. The molecule has 0 spiro atoms. The van der Waals surface area contributed by atoms with Crippen LogP contribution in [0, 0.1) is 40.9 Å². The number of ketones is 1. The second-order valence-electron chi connectivity index (χ2n) is 9.30. The summed E-state index contributed by atoms with van der Waals surface area (Å²) in [6, 6.07) is 0. The number of Topliss-reactive ketones (excluding diaryl/α,β-unsaturated/α-hetero) is 1. The van der Waals surface area contributed by atoms with Gasteiger partial charge in [0.15, 0.2) is 17.7 Å². The van der Waals surface area contributed by atoms with Crippen molar-refractivity contribution in [3.05, 3.63) is 0 Å². The van der Waals surface area contributed by atoms with E-state index in [0.29, 0.717) is 25.0 Å². The van der Waals surface area contributed by atoms with Gasteiger partial charge in [-0.1, -0.05) is 33.1 Å². The first-order valence-electron chi connectivity index (χ1n) is 9.04. The maximum Gasteiger partial charge on any atom is 0.224 e. The smallest absolute Gasteiger partial charge is 0.224 e. The van der Waals surface area contributed by atoms with E-state index in [9.17, 15) is 14.7 Å². The molecule has 0 aromatic rings. The summed E-state index contributed by atoms with van der Waals surface area (Å²) >= 11 is 0. The average Bonchev–Trinajstić information content (AvgIpc) is 3.21. The molecular formula is C20H26O4. The highest BCUT2D eigenvalue weighted by atomic mass is 16.6. The monoisotopic (exact) mass is 330 g/mol. The van der Waals surface area contributed by atoms with Crippen molar-refractivity contribution < 1.29 is 19.4 Å². The summed E-state index contributed by atoms with van der Waals surface area (Å²) in [6.45, 7) is 6.78. The normalized spacial score (nSPS) is 54.7. The fraction of sp³-hybridized carbons (Fsp3) is 0.800. The van der Waals surface area contributed by atoms with Gasteiger partial charge in [-0.05, 0) is 41.9 Å². The van der Waals surface area contributed by atoms with Crippen LogP contribution in [0.25, 0.3) is 0 Å². The van der Waals surface area contributed by atoms with Crippen LogP contribution >= 0.6 is 0 Å². The molecule has 4 nitrogen and oxygen atoms in total. The lowest BCUT2D eigenvalue weighted by Crippen LogP contribution is -2.63. The average molecular weight is 330 g/mol. The fourth-order valence-electron chi connectivity index (χ4n) is 6.77. The summed E-state index contributed by atoms with van der Waals surface area (Å²) in [5.74, 6) is 2.19. The molecule has 1 aliphatic heterocycles. The van der Waals surface area contributed by atoms with E-state index in [1.54, 1.807) is 0 Å². The second kappa shape index (κ2) is 4.51. The largest absolute Gasteiger partial charge is 0.393 e. The molecule has 0 aromatic carbocycles. The summed E-state index contributed by atoms with van der Waals surface area (Å²) in [4.78, 5) is 24.7. The third-order valence-corrected chi connectivity index (χ3v) is 7.95. The van der Waals surface area contributed by atoms with Crippen molar-refractivity contribution in [2.24, 2.45) is 28.6 Å². The Labute approximate surface area is 143 Å².